The number of hydrogen-bond acceptors (Lipinski definition) is 4. The van der Waals surface area contributed by atoms with Crippen LogP contribution in [0.1, 0.15) is 11.6 Å². The Kier molecular flexibility index (Phi) is 4.39. The van der Waals surface area contributed by atoms with E-state index in [1.807, 2.05) is 72.4 Å². The van der Waals surface area contributed by atoms with Crippen LogP contribution in [0.2, 0.25) is 0 Å². The molecule has 6 heteroatoms. The van der Waals surface area contributed by atoms with Gasteiger partial charge in [-0.15, -0.1) is 5.10 Å². The van der Waals surface area contributed by atoms with Crippen molar-refractivity contribution in [2.75, 3.05) is 19.7 Å². The topological polar surface area (TPSA) is 60.2 Å². The number of likely N-dealkylation sites (tertiary alicyclic amines) is 1. The van der Waals surface area contributed by atoms with Gasteiger partial charge >= 0.3 is 0 Å². The first-order valence-corrected chi connectivity index (χ1v) is 8.63. The minimum Gasteiger partial charge on any atom is -0.484 e. The lowest BCUT2D eigenvalue weighted by molar-refractivity contribution is -0.139. The monoisotopic (exact) mass is 348 g/mol. The molecule has 132 valence electrons. The van der Waals surface area contributed by atoms with Crippen LogP contribution in [0, 0.1) is 6.92 Å². The first-order valence-electron chi connectivity index (χ1n) is 8.63. The highest BCUT2D eigenvalue weighted by molar-refractivity contribution is 5.78. The summed E-state index contributed by atoms with van der Waals surface area (Å²) < 4.78 is 7.42. The fraction of sp³-hybridized carbons (Fsp3) is 0.250. The minimum atomic E-state index is -0.00819. The summed E-state index contributed by atoms with van der Waals surface area (Å²) in [6.45, 7) is 3.32. The molecule has 0 saturated carbocycles. The second kappa shape index (κ2) is 7.00. The second-order valence-electron chi connectivity index (χ2n) is 6.51. The number of aromatic nitrogens is 3. The predicted octanol–water partition coefficient (Wildman–Crippen LogP) is 2.72. The van der Waals surface area contributed by atoms with Gasteiger partial charge in [0.1, 0.15) is 11.4 Å². The van der Waals surface area contributed by atoms with Crippen LogP contribution < -0.4 is 4.74 Å². The highest BCUT2D eigenvalue weighted by Gasteiger charge is 2.32. The molecule has 0 atom stereocenters. The average Bonchev–Trinajstić information content (AvgIpc) is 3.09. The highest BCUT2D eigenvalue weighted by Crippen LogP contribution is 2.23. The summed E-state index contributed by atoms with van der Waals surface area (Å²) in [7, 11) is 0. The lowest BCUT2D eigenvalue weighted by Crippen LogP contribution is -2.52. The third-order valence-electron chi connectivity index (χ3n) is 4.52. The number of ether oxygens (including phenoxy) is 1. The lowest BCUT2D eigenvalue weighted by atomic mass is 10.1. The third-order valence-corrected chi connectivity index (χ3v) is 4.52. The molecular formula is C20H20N4O2. The molecule has 4 rings (SSSR count). The van der Waals surface area contributed by atoms with E-state index < -0.39 is 0 Å². The molecule has 0 spiro atoms. The van der Waals surface area contributed by atoms with Crippen molar-refractivity contribution in [2.45, 2.75) is 13.0 Å². The van der Waals surface area contributed by atoms with Gasteiger partial charge in [0, 0.05) is 18.7 Å². The van der Waals surface area contributed by atoms with Crippen molar-refractivity contribution in [2.24, 2.45) is 0 Å². The Hall–Kier alpha value is -3.15. The first-order chi connectivity index (χ1) is 12.7. The Bertz CT molecular complexity index is 901. The maximum atomic E-state index is 12.2. The number of amides is 1. The molecule has 3 aromatic rings. The maximum Gasteiger partial charge on any atom is 0.260 e. The van der Waals surface area contributed by atoms with Crippen LogP contribution in [0.3, 0.4) is 0 Å². The van der Waals surface area contributed by atoms with Gasteiger partial charge in [-0.25, -0.2) is 4.68 Å². The van der Waals surface area contributed by atoms with Gasteiger partial charge in [-0.05, 0) is 24.6 Å². The zero-order valence-electron chi connectivity index (χ0n) is 14.6. The Morgan fingerprint density at radius 1 is 1.15 bits per heavy atom. The number of rotatable bonds is 5. The van der Waals surface area contributed by atoms with Crippen molar-refractivity contribution in [3.63, 3.8) is 0 Å². The summed E-state index contributed by atoms with van der Waals surface area (Å²) >= 11 is 0. The summed E-state index contributed by atoms with van der Waals surface area (Å²) in [5.74, 6) is 0.713. The number of carbonyl (C=O) groups excluding carboxylic acids is 1. The molecule has 1 saturated heterocycles. The normalized spacial score (nSPS) is 14.1. The summed E-state index contributed by atoms with van der Waals surface area (Å²) in [5.41, 5.74) is 3.00. The van der Waals surface area contributed by atoms with Crippen molar-refractivity contribution in [3.05, 3.63) is 66.4 Å². The van der Waals surface area contributed by atoms with Crippen molar-refractivity contribution >= 4 is 5.91 Å². The van der Waals surface area contributed by atoms with Gasteiger partial charge in [0.2, 0.25) is 0 Å². The van der Waals surface area contributed by atoms with E-state index in [0.717, 1.165) is 22.6 Å². The molecule has 6 nitrogen and oxygen atoms in total. The van der Waals surface area contributed by atoms with Gasteiger partial charge in [0.15, 0.2) is 6.61 Å². The van der Waals surface area contributed by atoms with Crippen LogP contribution in [0.15, 0.2) is 60.8 Å². The fourth-order valence-electron chi connectivity index (χ4n) is 2.96. The molecule has 2 heterocycles. The Balaban J connectivity index is 1.30. The first kappa shape index (κ1) is 16.3. The SMILES string of the molecule is Cc1cccc(OCC(=O)N2CC(n3cc(-c4ccccc4)nn3)C2)c1. The Labute approximate surface area is 152 Å². The second-order valence-corrected chi connectivity index (χ2v) is 6.51. The van der Waals surface area contributed by atoms with Gasteiger partial charge in [0.25, 0.3) is 5.91 Å². The summed E-state index contributed by atoms with van der Waals surface area (Å²) in [6.07, 6.45) is 1.94. The minimum absolute atomic E-state index is 0.00819. The van der Waals surface area contributed by atoms with E-state index >= 15 is 0 Å². The fourth-order valence-corrected chi connectivity index (χ4v) is 2.96. The molecule has 1 amide bonds. The molecule has 0 bridgehead atoms. The predicted molar refractivity (Wildman–Crippen MR) is 97.7 cm³/mol. The van der Waals surface area contributed by atoms with Crippen molar-refractivity contribution in [1.82, 2.24) is 19.9 Å². The molecule has 1 fully saturated rings. The van der Waals surface area contributed by atoms with Crippen LogP contribution in [0.5, 0.6) is 5.75 Å². The van der Waals surface area contributed by atoms with Crippen LogP contribution in [0.4, 0.5) is 0 Å². The average molecular weight is 348 g/mol. The van der Waals surface area contributed by atoms with E-state index in [4.69, 9.17) is 4.74 Å². The van der Waals surface area contributed by atoms with E-state index in [1.54, 1.807) is 4.90 Å². The summed E-state index contributed by atoms with van der Waals surface area (Å²) in [4.78, 5) is 14.0. The lowest BCUT2D eigenvalue weighted by Gasteiger charge is -2.38. The molecule has 0 radical (unpaired) electrons. The van der Waals surface area contributed by atoms with Crippen LogP contribution in [-0.2, 0) is 4.79 Å². The largest absolute Gasteiger partial charge is 0.484 e. The van der Waals surface area contributed by atoms with Crippen molar-refractivity contribution < 1.29 is 9.53 Å². The van der Waals surface area contributed by atoms with E-state index in [1.165, 1.54) is 0 Å². The molecule has 1 aliphatic rings. The number of carbonyl (C=O) groups is 1. The standard InChI is InChI=1S/C20H20N4O2/c1-15-6-5-9-18(10-15)26-14-20(25)23-11-17(12-23)24-13-19(21-22-24)16-7-3-2-4-8-16/h2-10,13,17H,11-12,14H2,1H3. The summed E-state index contributed by atoms with van der Waals surface area (Å²) in [5, 5.41) is 8.44. The molecular weight excluding hydrogens is 328 g/mol. The van der Waals surface area contributed by atoms with E-state index in [-0.39, 0.29) is 18.6 Å². The smallest absolute Gasteiger partial charge is 0.260 e. The Morgan fingerprint density at radius 2 is 1.96 bits per heavy atom. The van der Waals surface area contributed by atoms with Crippen molar-refractivity contribution in [1.29, 1.82) is 0 Å². The van der Waals surface area contributed by atoms with Gasteiger partial charge in [-0.3, -0.25) is 4.79 Å². The van der Waals surface area contributed by atoms with Crippen molar-refractivity contribution in [3.8, 4) is 17.0 Å². The van der Waals surface area contributed by atoms with Crippen LogP contribution in [0.25, 0.3) is 11.3 Å². The van der Waals surface area contributed by atoms with Gasteiger partial charge in [-0.1, -0.05) is 47.7 Å². The Morgan fingerprint density at radius 3 is 2.73 bits per heavy atom. The number of aryl methyl sites for hydroxylation is 1. The van der Waals surface area contributed by atoms with E-state index in [0.29, 0.717) is 13.1 Å². The molecule has 1 aliphatic heterocycles. The number of nitrogens with zero attached hydrogens (tertiary/aromatic N) is 4. The van der Waals surface area contributed by atoms with Gasteiger partial charge in [-0.2, -0.15) is 0 Å². The number of benzene rings is 2. The molecule has 2 aromatic carbocycles. The summed E-state index contributed by atoms with van der Waals surface area (Å²) in [6, 6.07) is 17.8. The van der Waals surface area contributed by atoms with Gasteiger partial charge in [0.05, 0.1) is 12.2 Å². The molecule has 0 aliphatic carbocycles. The van der Waals surface area contributed by atoms with E-state index in [9.17, 15) is 4.79 Å². The zero-order chi connectivity index (χ0) is 17.9. The molecule has 26 heavy (non-hydrogen) atoms. The van der Waals surface area contributed by atoms with Gasteiger partial charge < -0.3 is 9.64 Å². The van der Waals surface area contributed by atoms with Crippen LogP contribution >= 0.6 is 0 Å². The number of hydrogen-bond donors (Lipinski definition) is 0. The quantitative estimate of drug-likeness (QED) is 0.711. The molecule has 1 aromatic heterocycles. The van der Waals surface area contributed by atoms with Crippen LogP contribution in [-0.4, -0.2) is 45.5 Å². The zero-order valence-corrected chi connectivity index (χ0v) is 14.6. The third kappa shape index (κ3) is 3.44. The maximum absolute atomic E-state index is 12.2. The molecule has 0 unspecified atom stereocenters. The molecule has 0 N–H and O–H groups in total. The highest BCUT2D eigenvalue weighted by atomic mass is 16.5. The van der Waals surface area contributed by atoms with E-state index in [2.05, 4.69) is 10.3 Å².